The summed E-state index contributed by atoms with van der Waals surface area (Å²) in [4.78, 5) is 7.19. The maximum absolute atomic E-state index is 6.23. The van der Waals surface area contributed by atoms with Gasteiger partial charge in [0, 0.05) is 64.8 Å². The third-order valence-electron chi connectivity index (χ3n) is 14.4. The average molecular weight is 978 g/mol. The Hall–Kier alpha value is -9.68. The zero-order chi connectivity index (χ0) is 49.7. The molecule has 354 valence electrons. The summed E-state index contributed by atoms with van der Waals surface area (Å²) in [5, 5.41) is 7.15. The van der Waals surface area contributed by atoms with Gasteiger partial charge in [-0.3, -0.25) is 0 Å². The molecule has 0 atom stereocenters. The highest BCUT2D eigenvalue weighted by Gasteiger charge is 2.24. The van der Waals surface area contributed by atoms with Crippen LogP contribution in [0.25, 0.3) is 75.1 Å². The van der Waals surface area contributed by atoms with E-state index in [9.17, 15) is 0 Å². The van der Waals surface area contributed by atoms with Crippen molar-refractivity contribution in [3.05, 3.63) is 285 Å². The van der Waals surface area contributed by atoms with Crippen molar-refractivity contribution in [2.45, 2.75) is 0 Å². The van der Waals surface area contributed by atoms with Gasteiger partial charge >= 0.3 is 0 Å². The van der Waals surface area contributed by atoms with Gasteiger partial charge in [0.1, 0.15) is 11.2 Å². The van der Waals surface area contributed by atoms with Crippen molar-refractivity contribution in [3.63, 3.8) is 0 Å². The number of thiophene rings is 1. The number of fused-ring (bicyclic) bond motifs is 7. The lowest BCUT2D eigenvalue weighted by Gasteiger charge is -2.33. The predicted molar refractivity (Wildman–Crippen MR) is 319 cm³/mol. The number of hydrogen-bond donors (Lipinski definition) is 0. The summed E-state index contributed by atoms with van der Waals surface area (Å²) in [7, 11) is 0. The zero-order valence-corrected chi connectivity index (χ0v) is 41.6. The summed E-state index contributed by atoms with van der Waals surface area (Å²) in [6.07, 6.45) is 0. The van der Waals surface area contributed by atoms with E-state index in [1.54, 1.807) is 0 Å². The topological polar surface area (TPSA) is 22.9 Å². The Balaban J connectivity index is 0.973. The second-order valence-corrected chi connectivity index (χ2v) is 20.0. The second kappa shape index (κ2) is 18.7. The van der Waals surface area contributed by atoms with Crippen molar-refractivity contribution in [1.82, 2.24) is 0 Å². The van der Waals surface area contributed by atoms with Gasteiger partial charge in [-0.1, -0.05) is 176 Å². The van der Waals surface area contributed by atoms with Crippen LogP contribution in [0.15, 0.2) is 290 Å². The van der Waals surface area contributed by atoms with Gasteiger partial charge in [-0.15, -0.1) is 11.3 Å². The van der Waals surface area contributed by atoms with E-state index < -0.39 is 0 Å². The summed E-state index contributed by atoms with van der Waals surface area (Å²) in [6.45, 7) is 0. The van der Waals surface area contributed by atoms with Crippen LogP contribution < -0.4 is 14.7 Å². The summed E-state index contributed by atoms with van der Waals surface area (Å²) in [5.41, 5.74) is 15.8. The molecule has 0 fully saturated rings. The second-order valence-electron chi connectivity index (χ2n) is 18.9. The first kappa shape index (κ1) is 44.1. The van der Waals surface area contributed by atoms with Crippen molar-refractivity contribution in [2.24, 2.45) is 0 Å². The number of nitrogens with zero attached hydrogens (tertiary/aromatic N) is 3. The van der Waals surface area contributed by atoms with Gasteiger partial charge in [0.15, 0.2) is 0 Å². The Bertz CT molecular complexity index is 4310. The van der Waals surface area contributed by atoms with Crippen LogP contribution in [0.4, 0.5) is 51.2 Å². The maximum atomic E-state index is 6.23. The molecule has 2 aromatic heterocycles. The van der Waals surface area contributed by atoms with Crippen LogP contribution >= 0.6 is 11.3 Å². The Morgan fingerprint density at radius 1 is 0.267 bits per heavy atom. The molecule has 0 aliphatic rings. The summed E-state index contributed by atoms with van der Waals surface area (Å²) in [5.74, 6) is 0. The fraction of sp³-hybridized carbons (Fsp3) is 0. The molecule has 0 saturated heterocycles. The SMILES string of the molecule is c1ccc(N(c2ccccc2)c2cc(N(c3ccccc3)c3ccc(-c4cccc5c4sc4ccccc45)cc3)cc(N(c3ccc(-c4ccc5oc6ccccc6c5c4)cc3)c3cccc4ccccc34)c2)cc1. The highest BCUT2D eigenvalue weighted by molar-refractivity contribution is 7.26. The molecular weight excluding hydrogens is 931 g/mol. The Morgan fingerprint density at radius 2 is 0.733 bits per heavy atom. The van der Waals surface area contributed by atoms with Gasteiger partial charge in [0.2, 0.25) is 0 Å². The molecule has 0 aliphatic carbocycles. The minimum Gasteiger partial charge on any atom is -0.456 e. The third kappa shape index (κ3) is 8.04. The van der Waals surface area contributed by atoms with Crippen LogP contribution in [-0.2, 0) is 0 Å². The molecule has 75 heavy (non-hydrogen) atoms. The maximum Gasteiger partial charge on any atom is 0.135 e. The van der Waals surface area contributed by atoms with E-state index in [1.165, 1.54) is 36.7 Å². The van der Waals surface area contributed by atoms with Crippen molar-refractivity contribution < 1.29 is 4.42 Å². The van der Waals surface area contributed by atoms with E-state index in [-0.39, 0.29) is 0 Å². The predicted octanol–water partition coefficient (Wildman–Crippen LogP) is 20.9. The monoisotopic (exact) mass is 977 g/mol. The van der Waals surface area contributed by atoms with Crippen LogP contribution in [0, 0.1) is 0 Å². The van der Waals surface area contributed by atoms with E-state index >= 15 is 0 Å². The first-order valence-corrected chi connectivity index (χ1v) is 26.2. The molecule has 14 rings (SSSR count). The molecule has 0 radical (unpaired) electrons. The number of hydrogen-bond acceptors (Lipinski definition) is 5. The minimum atomic E-state index is 0.889. The van der Waals surface area contributed by atoms with Gasteiger partial charge < -0.3 is 19.1 Å². The largest absolute Gasteiger partial charge is 0.456 e. The van der Waals surface area contributed by atoms with Crippen LogP contribution in [0.3, 0.4) is 0 Å². The molecule has 0 amide bonds. The van der Waals surface area contributed by atoms with E-state index in [0.717, 1.165) is 89.6 Å². The highest BCUT2D eigenvalue weighted by atomic mass is 32.1. The van der Waals surface area contributed by atoms with Crippen LogP contribution in [0.5, 0.6) is 0 Å². The first-order chi connectivity index (χ1) is 37.2. The molecule has 5 heteroatoms. The number of furan rings is 1. The van der Waals surface area contributed by atoms with Crippen LogP contribution in [-0.4, -0.2) is 0 Å². The normalized spacial score (nSPS) is 11.5. The van der Waals surface area contributed by atoms with E-state index in [1.807, 2.05) is 23.5 Å². The fourth-order valence-corrected chi connectivity index (χ4v) is 12.1. The van der Waals surface area contributed by atoms with Crippen molar-refractivity contribution in [2.75, 3.05) is 14.7 Å². The lowest BCUT2D eigenvalue weighted by Crippen LogP contribution is -2.16. The first-order valence-electron chi connectivity index (χ1n) is 25.4. The van der Waals surface area contributed by atoms with E-state index in [4.69, 9.17) is 4.42 Å². The highest BCUT2D eigenvalue weighted by Crippen LogP contribution is 2.48. The Morgan fingerprint density at radius 3 is 1.40 bits per heavy atom. The standard InChI is InChI=1S/C70H47N3OS/c1-4-20-52(21-5-1)71(53-22-6-2-7-23-53)57-45-58(72(54-24-8-3-9-25-54)55-41-36-50(37-42-55)61-29-17-30-64-63-28-13-15-33-69(63)75-70(61)64)47-59(46-57)73(66-31-16-19-49-18-10-11-26-60(49)66)56-39-34-48(35-40-56)51-38-43-68-65(44-51)62-27-12-14-32-67(62)74-68/h1-47H. The van der Waals surface area contributed by atoms with Gasteiger partial charge in [0.25, 0.3) is 0 Å². The molecular formula is C70H47N3OS. The Kier molecular flexibility index (Phi) is 11.0. The molecule has 0 spiro atoms. The quantitative estimate of drug-likeness (QED) is 0.129. The number of anilines is 9. The minimum absolute atomic E-state index is 0.889. The summed E-state index contributed by atoms with van der Waals surface area (Å²) >= 11 is 1.87. The zero-order valence-electron chi connectivity index (χ0n) is 40.8. The van der Waals surface area contributed by atoms with Gasteiger partial charge in [0.05, 0.1) is 22.7 Å². The molecule has 14 aromatic rings. The lowest BCUT2D eigenvalue weighted by molar-refractivity contribution is 0.669. The molecule has 0 N–H and O–H groups in total. The van der Waals surface area contributed by atoms with E-state index in [0.29, 0.717) is 0 Å². The Labute approximate surface area is 439 Å². The molecule has 2 heterocycles. The van der Waals surface area contributed by atoms with Gasteiger partial charge in [-0.05, 0) is 137 Å². The molecule has 0 saturated carbocycles. The van der Waals surface area contributed by atoms with Crippen molar-refractivity contribution >= 4 is 115 Å². The van der Waals surface area contributed by atoms with Crippen molar-refractivity contribution in [3.8, 4) is 22.3 Å². The van der Waals surface area contributed by atoms with E-state index in [2.05, 4.69) is 288 Å². The van der Waals surface area contributed by atoms with Crippen molar-refractivity contribution in [1.29, 1.82) is 0 Å². The molecule has 0 bridgehead atoms. The molecule has 0 aliphatic heterocycles. The fourth-order valence-electron chi connectivity index (χ4n) is 10.9. The number of rotatable bonds is 11. The molecule has 0 unspecified atom stereocenters. The van der Waals surface area contributed by atoms with Gasteiger partial charge in [-0.25, -0.2) is 0 Å². The molecule has 12 aromatic carbocycles. The number of benzene rings is 12. The van der Waals surface area contributed by atoms with Crippen LogP contribution in [0.1, 0.15) is 0 Å². The third-order valence-corrected chi connectivity index (χ3v) is 15.6. The number of para-hydroxylation sites is 4. The summed E-state index contributed by atoms with van der Waals surface area (Å²) < 4.78 is 8.83. The van der Waals surface area contributed by atoms with Gasteiger partial charge in [-0.2, -0.15) is 0 Å². The smallest absolute Gasteiger partial charge is 0.135 e. The summed E-state index contributed by atoms with van der Waals surface area (Å²) in [6, 6.07) is 103. The average Bonchev–Trinajstić information content (AvgIpc) is 4.05. The van der Waals surface area contributed by atoms with Crippen LogP contribution in [0.2, 0.25) is 0 Å². The lowest BCUT2D eigenvalue weighted by atomic mass is 10.0. The molecule has 4 nitrogen and oxygen atoms in total.